The molecule has 1 heteroatoms. The molecule has 0 aromatic carbocycles. The van der Waals surface area contributed by atoms with Crippen LogP contribution in [-0.2, 0) is 0 Å². The molecule has 0 aromatic rings. The Morgan fingerprint density at radius 1 is 1.15 bits per heavy atom. The maximum atomic E-state index is 10.3. The maximum absolute atomic E-state index is 10.3. The predicted octanol–water partition coefficient (Wildman–Crippen LogP) is 2.97. The first-order chi connectivity index (χ1) is 6.11. The molecule has 2 aliphatic rings. The van der Waals surface area contributed by atoms with Gasteiger partial charge in [-0.3, -0.25) is 0 Å². The van der Waals surface area contributed by atoms with Gasteiger partial charge in [-0.15, -0.1) is 0 Å². The smallest absolute Gasteiger partial charge is 0.0650 e. The fourth-order valence-corrected chi connectivity index (χ4v) is 3.68. The van der Waals surface area contributed by atoms with Crippen molar-refractivity contribution >= 4 is 0 Å². The van der Waals surface area contributed by atoms with Crippen LogP contribution in [0, 0.1) is 17.8 Å². The van der Waals surface area contributed by atoms with Crippen LogP contribution in [0.3, 0.4) is 0 Å². The first kappa shape index (κ1) is 9.51. The topological polar surface area (TPSA) is 20.2 Å². The molecule has 2 bridgehead atoms. The Morgan fingerprint density at radius 3 is 2.15 bits per heavy atom. The molecule has 2 rings (SSSR count). The zero-order chi connectivity index (χ0) is 9.47. The zero-order valence-electron chi connectivity index (χ0n) is 8.92. The molecule has 0 radical (unpaired) electrons. The number of hydrogen-bond acceptors (Lipinski definition) is 1. The molecule has 2 aliphatic carbocycles. The Balaban J connectivity index is 2.05. The lowest BCUT2D eigenvalue weighted by Gasteiger charge is -2.46. The van der Waals surface area contributed by atoms with Crippen molar-refractivity contribution < 1.29 is 5.11 Å². The lowest BCUT2D eigenvalue weighted by molar-refractivity contribution is -0.0617. The molecule has 1 nitrogen and oxygen atoms in total. The Morgan fingerprint density at radius 2 is 1.69 bits per heavy atom. The Labute approximate surface area is 81.5 Å². The summed E-state index contributed by atoms with van der Waals surface area (Å²) < 4.78 is 0. The second kappa shape index (κ2) is 3.27. The van der Waals surface area contributed by atoms with Crippen LogP contribution < -0.4 is 0 Å². The quantitative estimate of drug-likeness (QED) is 0.661. The highest BCUT2D eigenvalue weighted by molar-refractivity contribution is 4.93. The third-order valence-electron chi connectivity index (χ3n) is 4.13. The molecular formula is C12H22O. The largest absolute Gasteiger partial charge is 0.390 e. The summed E-state index contributed by atoms with van der Waals surface area (Å²) >= 11 is 0. The van der Waals surface area contributed by atoms with E-state index in [0.29, 0.717) is 0 Å². The van der Waals surface area contributed by atoms with Gasteiger partial charge in [-0.2, -0.15) is 0 Å². The Hall–Kier alpha value is -0.0400. The monoisotopic (exact) mass is 182 g/mol. The average Bonchev–Trinajstić information content (AvgIpc) is 2.01. The van der Waals surface area contributed by atoms with E-state index in [1.165, 1.54) is 19.3 Å². The number of rotatable bonds is 1. The molecule has 13 heavy (non-hydrogen) atoms. The van der Waals surface area contributed by atoms with Crippen LogP contribution in [0.5, 0.6) is 0 Å². The molecule has 2 atom stereocenters. The Bertz CT molecular complexity index is 170. The van der Waals surface area contributed by atoms with Gasteiger partial charge in [0.1, 0.15) is 0 Å². The maximum Gasteiger partial charge on any atom is 0.0650 e. The van der Waals surface area contributed by atoms with Gasteiger partial charge in [0, 0.05) is 0 Å². The van der Waals surface area contributed by atoms with E-state index in [1.807, 2.05) is 0 Å². The highest BCUT2D eigenvalue weighted by atomic mass is 16.3. The van der Waals surface area contributed by atoms with E-state index in [4.69, 9.17) is 0 Å². The molecule has 2 fully saturated rings. The van der Waals surface area contributed by atoms with Crippen molar-refractivity contribution in [2.45, 2.75) is 58.0 Å². The van der Waals surface area contributed by atoms with Gasteiger partial charge in [-0.05, 0) is 56.3 Å². The molecule has 2 unspecified atom stereocenters. The van der Waals surface area contributed by atoms with E-state index in [0.717, 1.165) is 37.0 Å². The molecule has 76 valence electrons. The minimum absolute atomic E-state index is 0.298. The summed E-state index contributed by atoms with van der Waals surface area (Å²) in [5.41, 5.74) is -0.298. The highest BCUT2D eigenvalue weighted by Gasteiger charge is 2.41. The molecule has 1 N–H and O–H groups in total. The Kier molecular flexibility index (Phi) is 2.39. The summed E-state index contributed by atoms with van der Waals surface area (Å²) in [7, 11) is 0. The standard InChI is InChI=1S/C12H22O/c1-3-12(13)7-10-4-9(2)5-11(6-10)8-12/h9-11,13H,3-8H2,1-2H3. The molecule has 2 saturated carbocycles. The number of hydrogen-bond donors (Lipinski definition) is 1. The van der Waals surface area contributed by atoms with Gasteiger partial charge in [0.15, 0.2) is 0 Å². The van der Waals surface area contributed by atoms with Gasteiger partial charge < -0.3 is 5.11 Å². The molecule has 0 saturated heterocycles. The highest BCUT2D eigenvalue weighted by Crippen LogP contribution is 2.47. The third-order valence-corrected chi connectivity index (χ3v) is 4.13. The van der Waals surface area contributed by atoms with Gasteiger partial charge in [0.25, 0.3) is 0 Å². The molecule has 0 aliphatic heterocycles. The van der Waals surface area contributed by atoms with Crippen molar-refractivity contribution in [3.05, 3.63) is 0 Å². The SMILES string of the molecule is CCC1(O)CC2CC(C)CC(C2)C1. The van der Waals surface area contributed by atoms with Crippen molar-refractivity contribution in [2.24, 2.45) is 17.8 Å². The summed E-state index contributed by atoms with van der Waals surface area (Å²) in [6.45, 7) is 4.50. The minimum atomic E-state index is -0.298. The van der Waals surface area contributed by atoms with E-state index in [2.05, 4.69) is 13.8 Å². The molecule has 0 amide bonds. The van der Waals surface area contributed by atoms with Crippen molar-refractivity contribution in [1.29, 1.82) is 0 Å². The summed E-state index contributed by atoms with van der Waals surface area (Å²) in [5.74, 6) is 2.56. The lowest BCUT2D eigenvalue weighted by Crippen LogP contribution is -2.42. The first-order valence-electron chi connectivity index (χ1n) is 5.83. The molecule has 0 spiro atoms. The molecule has 0 heterocycles. The van der Waals surface area contributed by atoms with Crippen molar-refractivity contribution in [2.75, 3.05) is 0 Å². The zero-order valence-corrected chi connectivity index (χ0v) is 8.92. The fraction of sp³-hybridized carbons (Fsp3) is 1.00. The van der Waals surface area contributed by atoms with Crippen LogP contribution in [0.4, 0.5) is 0 Å². The number of fused-ring (bicyclic) bond motifs is 2. The first-order valence-corrected chi connectivity index (χ1v) is 5.83. The van der Waals surface area contributed by atoms with Crippen LogP contribution in [0.1, 0.15) is 52.4 Å². The van der Waals surface area contributed by atoms with Crippen LogP contribution in [-0.4, -0.2) is 10.7 Å². The average molecular weight is 182 g/mol. The van der Waals surface area contributed by atoms with Crippen LogP contribution in [0.2, 0.25) is 0 Å². The second-order valence-electron chi connectivity index (χ2n) is 5.53. The summed E-state index contributed by atoms with van der Waals surface area (Å²) in [5, 5.41) is 10.3. The third kappa shape index (κ3) is 1.90. The molecule has 0 aromatic heterocycles. The summed E-state index contributed by atoms with van der Waals surface area (Å²) in [4.78, 5) is 0. The molecular weight excluding hydrogens is 160 g/mol. The van der Waals surface area contributed by atoms with Crippen molar-refractivity contribution in [3.63, 3.8) is 0 Å². The van der Waals surface area contributed by atoms with E-state index >= 15 is 0 Å². The van der Waals surface area contributed by atoms with Gasteiger partial charge >= 0.3 is 0 Å². The normalized spacial score (nSPS) is 50.5. The van der Waals surface area contributed by atoms with Gasteiger partial charge in [-0.25, -0.2) is 0 Å². The van der Waals surface area contributed by atoms with E-state index in [9.17, 15) is 5.11 Å². The van der Waals surface area contributed by atoms with Crippen LogP contribution >= 0.6 is 0 Å². The van der Waals surface area contributed by atoms with Crippen LogP contribution in [0.15, 0.2) is 0 Å². The van der Waals surface area contributed by atoms with E-state index in [1.54, 1.807) is 0 Å². The fourth-order valence-electron chi connectivity index (χ4n) is 3.68. The predicted molar refractivity (Wildman–Crippen MR) is 54.5 cm³/mol. The van der Waals surface area contributed by atoms with Crippen LogP contribution in [0.25, 0.3) is 0 Å². The summed E-state index contributed by atoms with van der Waals surface area (Å²) in [6, 6.07) is 0. The van der Waals surface area contributed by atoms with E-state index in [-0.39, 0.29) is 5.60 Å². The summed E-state index contributed by atoms with van der Waals surface area (Å²) in [6.07, 6.45) is 7.22. The van der Waals surface area contributed by atoms with Gasteiger partial charge in [0.05, 0.1) is 5.60 Å². The minimum Gasteiger partial charge on any atom is -0.390 e. The number of aliphatic hydroxyl groups is 1. The van der Waals surface area contributed by atoms with Crippen molar-refractivity contribution in [1.82, 2.24) is 0 Å². The van der Waals surface area contributed by atoms with Gasteiger partial charge in [0.2, 0.25) is 0 Å². The van der Waals surface area contributed by atoms with Crippen molar-refractivity contribution in [3.8, 4) is 0 Å². The van der Waals surface area contributed by atoms with E-state index < -0.39 is 0 Å². The van der Waals surface area contributed by atoms with Gasteiger partial charge in [-0.1, -0.05) is 13.8 Å². The lowest BCUT2D eigenvalue weighted by atomic mass is 9.63. The second-order valence-corrected chi connectivity index (χ2v) is 5.53.